The van der Waals surface area contributed by atoms with Crippen molar-refractivity contribution >= 4 is 6.08 Å². The molecule has 1 aromatic rings. The van der Waals surface area contributed by atoms with E-state index in [1.54, 1.807) is 12.1 Å². The molecule has 0 bridgehead atoms. The van der Waals surface area contributed by atoms with Gasteiger partial charge in [0.25, 0.3) is 0 Å². The minimum absolute atomic E-state index is 0.161. The summed E-state index contributed by atoms with van der Waals surface area (Å²) >= 11 is 0. The van der Waals surface area contributed by atoms with Crippen molar-refractivity contribution in [2.24, 2.45) is 5.92 Å². The molecule has 0 amide bonds. The van der Waals surface area contributed by atoms with E-state index >= 15 is 0 Å². The van der Waals surface area contributed by atoms with Gasteiger partial charge in [-0.05, 0) is 30.0 Å². The highest BCUT2D eigenvalue weighted by molar-refractivity contribution is 5.49. The lowest BCUT2D eigenvalue weighted by atomic mass is 10.1. The van der Waals surface area contributed by atoms with Crippen molar-refractivity contribution in [1.82, 2.24) is 0 Å². The summed E-state index contributed by atoms with van der Waals surface area (Å²) < 4.78 is 12.6. The van der Waals surface area contributed by atoms with Crippen LogP contribution in [-0.4, -0.2) is 11.7 Å². The molecule has 1 aromatic carbocycles. The molecular formula is C12H15FO. The lowest BCUT2D eigenvalue weighted by Crippen LogP contribution is -1.99. The van der Waals surface area contributed by atoms with Gasteiger partial charge in [-0.1, -0.05) is 31.2 Å². The van der Waals surface area contributed by atoms with Gasteiger partial charge in [-0.25, -0.2) is 4.39 Å². The van der Waals surface area contributed by atoms with Gasteiger partial charge in [-0.15, -0.1) is 0 Å². The maximum Gasteiger partial charge on any atom is 0.123 e. The van der Waals surface area contributed by atoms with Gasteiger partial charge in [0.15, 0.2) is 0 Å². The van der Waals surface area contributed by atoms with Crippen LogP contribution in [0.4, 0.5) is 4.39 Å². The molecule has 0 saturated carbocycles. The number of rotatable bonds is 4. The summed E-state index contributed by atoms with van der Waals surface area (Å²) in [6, 6.07) is 6.30. The van der Waals surface area contributed by atoms with Crippen molar-refractivity contribution in [1.29, 1.82) is 0 Å². The molecule has 0 heterocycles. The van der Waals surface area contributed by atoms with E-state index in [1.807, 2.05) is 19.1 Å². The summed E-state index contributed by atoms with van der Waals surface area (Å²) in [5, 5.41) is 8.94. The van der Waals surface area contributed by atoms with Crippen LogP contribution in [0.15, 0.2) is 30.3 Å². The average Bonchev–Trinajstić information content (AvgIpc) is 2.22. The van der Waals surface area contributed by atoms with Crippen molar-refractivity contribution in [2.45, 2.75) is 13.3 Å². The Bertz CT molecular complexity index is 286. The van der Waals surface area contributed by atoms with Crippen LogP contribution in [0.1, 0.15) is 18.9 Å². The van der Waals surface area contributed by atoms with Gasteiger partial charge in [0.2, 0.25) is 0 Å². The highest BCUT2D eigenvalue weighted by atomic mass is 19.1. The zero-order valence-electron chi connectivity index (χ0n) is 8.28. The molecule has 1 N–H and O–H groups in total. The fraction of sp³-hybridized carbons (Fsp3) is 0.333. The Balaban J connectivity index is 2.63. The summed E-state index contributed by atoms with van der Waals surface area (Å²) in [4.78, 5) is 0. The summed E-state index contributed by atoms with van der Waals surface area (Å²) in [6.07, 6.45) is 4.77. The maximum absolute atomic E-state index is 12.6. The van der Waals surface area contributed by atoms with E-state index in [-0.39, 0.29) is 18.3 Å². The van der Waals surface area contributed by atoms with Crippen molar-refractivity contribution < 1.29 is 9.50 Å². The van der Waals surface area contributed by atoms with E-state index in [9.17, 15) is 4.39 Å². The van der Waals surface area contributed by atoms with Gasteiger partial charge >= 0.3 is 0 Å². The van der Waals surface area contributed by atoms with E-state index in [2.05, 4.69) is 0 Å². The number of aliphatic hydroxyl groups is 1. The van der Waals surface area contributed by atoms with E-state index in [0.717, 1.165) is 12.0 Å². The third-order valence-corrected chi connectivity index (χ3v) is 2.19. The Morgan fingerprint density at radius 2 is 2.00 bits per heavy atom. The van der Waals surface area contributed by atoms with E-state index in [4.69, 9.17) is 5.11 Å². The normalized spacial score (nSPS) is 13.4. The Morgan fingerprint density at radius 1 is 1.36 bits per heavy atom. The van der Waals surface area contributed by atoms with Gasteiger partial charge in [-0.2, -0.15) is 0 Å². The van der Waals surface area contributed by atoms with Gasteiger partial charge in [0, 0.05) is 6.61 Å². The van der Waals surface area contributed by atoms with Crippen LogP contribution in [0.25, 0.3) is 6.08 Å². The van der Waals surface area contributed by atoms with Crippen LogP contribution in [0.5, 0.6) is 0 Å². The Kier molecular flexibility index (Phi) is 4.33. The Hall–Kier alpha value is -1.15. The fourth-order valence-corrected chi connectivity index (χ4v) is 1.15. The third-order valence-electron chi connectivity index (χ3n) is 2.19. The van der Waals surface area contributed by atoms with Gasteiger partial charge < -0.3 is 5.11 Å². The summed E-state index contributed by atoms with van der Waals surface area (Å²) in [6.45, 7) is 2.18. The third kappa shape index (κ3) is 3.30. The first-order chi connectivity index (χ1) is 6.76. The van der Waals surface area contributed by atoms with E-state index in [1.165, 1.54) is 12.1 Å². The molecule has 0 aromatic heterocycles. The first kappa shape index (κ1) is 10.9. The molecule has 0 radical (unpaired) electrons. The molecule has 1 rings (SSSR count). The average molecular weight is 194 g/mol. The van der Waals surface area contributed by atoms with Gasteiger partial charge in [0.1, 0.15) is 5.82 Å². The molecule has 1 nitrogen and oxygen atoms in total. The van der Waals surface area contributed by atoms with Crippen LogP contribution in [-0.2, 0) is 0 Å². The summed E-state index contributed by atoms with van der Waals surface area (Å²) in [7, 11) is 0. The fourth-order valence-electron chi connectivity index (χ4n) is 1.15. The van der Waals surface area contributed by atoms with Crippen LogP contribution < -0.4 is 0 Å². The molecule has 76 valence electrons. The molecule has 0 spiro atoms. The lowest BCUT2D eigenvalue weighted by molar-refractivity contribution is 0.250. The highest BCUT2D eigenvalue weighted by Gasteiger charge is 1.97. The standard InChI is InChI=1S/C12H15FO/c1-2-10(9-14)3-4-11-5-7-12(13)8-6-11/h3-8,10,14H,2,9H2,1H3/t10-/m0/s1. The molecule has 1 atom stereocenters. The van der Waals surface area contributed by atoms with Gasteiger partial charge in [0.05, 0.1) is 0 Å². The summed E-state index contributed by atoms with van der Waals surface area (Å²) in [5.41, 5.74) is 0.957. The van der Waals surface area contributed by atoms with Crippen molar-refractivity contribution in [3.8, 4) is 0 Å². The second-order valence-corrected chi connectivity index (χ2v) is 3.26. The minimum atomic E-state index is -0.226. The molecule has 0 saturated heterocycles. The van der Waals surface area contributed by atoms with Crippen molar-refractivity contribution in [3.63, 3.8) is 0 Å². The number of aliphatic hydroxyl groups excluding tert-OH is 1. The molecule has 0 fully saturated rings. The largest absolute Gasteiger partial charge is 0.396 e. The number of hydrogen-bond acceptors (Lipinski definition) is 1. The summed E-state index contributed by atoms with van der Waals surface area (Å²) in [5.74, 6) is -0.0311. The predicted octanol–water partition coefficient (Wildman–Crippen LogP) is 2.86. The maximum atomic E-state index is 12.6. The first-order valence-electron chi connectivity index (χ1n) is 4.81. The van der Waals surface area contributed by atoms with Crippen molar-refractivity contribution in [3.05, 3.63) is 41.7 Å². The lowest BCUT2D eigenvalue weighted by Gasteiger charge is -2.03. The van der Waals surface area contributed by atoms with Crippen molar-refractivity contribution in [2.75, 3.05) is 6.61 Å². The van der Waals surface area contributed by atoms with E-state index < -0.39 is 0 Å². The van der Waals surface area contributed by atoms with Crippen LogP contribution >= 0.6 is 0 Å². The Morgan fingerprint density at radius 3 is 2.50 bits per heavy atom. The molecular weight excluding hydrogens is 179 g/mol. The zero-order chi connectivity index (χ0) is 10.4. The SMILES string of the molecule is CC[C@@H](C=Cc1ccc(F)cc1)CO. The molecule has 0 aliphatic carbocycles. The smallest absolute Gasteiger partial charge is 0.123 e. The monoisotopic (exact) mass is 194 g/mol. The second-order valence-electron chi connectivity index (χ2n) is 3.26. The van der Waals surface area contributed by atoms with Crippen LogP contribution in [0.2, 0.25) is 0 Å². The number of halogens is 1. The Labute approximate surface area is 83.9 Å². The molecule has 14 heavy (non-hydrogen) atoms. The van der Waals surface area contributed by atoms with Crippen LogP contribution in [0.3, 0.4) is 0 Å². The zero-order valence-corrected chi connectivity index (χ0v) is 8.28. The molecule has 0 aliphatic rings. The molecule has 2 heteroatoms. The molecule has 0 unspecified atom stereocenters. The molecule has 0 aliphatic heterocycles. The van der Waals surface area contributed by atoms with E-state index in [0.29, 0.717) is 0 Å². The van der Waals surface area contributed by atoms with Gasteiger partial charge in [-0.3, -0.25) is 0 Å². The highest BCUT2D eigenvalue weighted by Crippen LogP contribution is 2.09. The number of benzene rings is 1. The quantitative estimate of drug-likeness (QED) is 0.781. The topological polar surface area (TPSA) is 20.2 Å². The number of hydrogen-bond donors (Lipinski definition) is 1. The second kappa shape index (κ2) is 5.55. The first-order valence-corrected chi connectivity index (χ1v) is 4.81. The predicted molar refractivity (Wildman–Crippen MR) is 56.3 cm³/mol. The minimum Gasteiger partial charge on any atom is -0.396 e. The van der Waals surface area contributed by atoms with Crippen LogP contribution in [0, 0.1) is 11.7 Å².